The Labute approximate surface area is 64.7 Å². The van der Waals surface area contributed by atoms with Crippen LogP contribution in [0.4, 0.5) is 4.39 Å². The SMILES string of the molecule is CCNC(=O)C(F)(Cl)CC. The highest BCUT2D eigenvalue weighted by atomic mass is 35.5. The normalized spacial score (nSPS) is 16.0. The van der Waals surface area contributed by atoms with Crippen molar-refractivity contribution in [3.05, 3.63) is 0 Å². The van der Waals surface area contributed by atoms with E-state index in [4.69, 9.17) is 11.6 Å². The van der Waals surface area contributed by atoms with Gasteiger partial charge in [-0.1, -0.05) is 18.5 Å². The Bertz CT molecular complexity index is 127. The summed E-state index contributed by atoms with van der Waals surface area (Å²) >= 11 is 5.17. The predicted octanol–water partition coefficient (Wildman–Crippen LogP) is 1.44. The summed E-state index contributed by atoms with van der Waals surface area (Å²) in [5.74, 6) is -0.751. The molecule has 60 valence electrons. The van der Waals surface area contributed by atoms with E-state index in [-0.39, 0.29) is 6.42 Å². The summed E-state index contributed by atoms with van der Waals surface area (Å²) in [6.45, 7) is 3.62. The van der Waals surface area contributed by atoms with E-state index >= 15 is 0 Å². The first-order valence-corrected chi connectivity index (χ1v) is 3.58. The molecule has 0 aromatic rings. The summed E-state index contributed by atoms with van der Waals surface area (Å²) in [5.41, 5.74) is 0. The van der Waals surface area contributed by atoms with Crippen LogP contribution in [0.1, 0.15) is 20.3 Å². The number of alkyl halides is 2. The van der Waals surface area contributed by atoms with Crippen molar-refractivity contribution in [2.75, 3.05) is 6.54 Å². The lowest BCUT2D eigenvalue weighted by Gasteiger charge is -2.13. The zero-order valence-corrected chi connectivity index (χ0v) is 6.83. The van der Waals surface area contributed by atoms with E-state index in [1.807, 2.05) is 0 Å². The fraction of sp³-hybridized carbons (Fsp3) is 0.833. The minimum Gasteiger partial charge on any atom is -0.352 e. The lowest BCUT2D eigenvalue weighted by atomic mass is 10.3. The first-order valence-electron chi connectivity index (χ1n) is 3.20. The third kappa shape index (κ3) is 2.52. The monoisotopic (exact) mass is 167 g/mol. The van der Waals surface area contributed by atoms with Gasteiger partial charge >= 0.3 is 0 Å². The first-order chi connectivity index (χ1) is 4.54. The van der Waals surface area contributed by atoms with Gasteiger partial charge in [-0.05, 0) is 6.92 Å². The maximum atomic E-state index is 12.8. The van der Waals surface area contributed by atoms with Crippen molar-refractivity contribution in [1.82, 2.24) is 5.32 Å². The van der Waals surface area contributed by atoms with E-state index < -0.39 is 11.0 Å². The van der Waals surface area contributed by atoms with Gasteiger partial charge in [-0.25, -0.2) is 4.39 Å². The number of hydrogen-bond donors (Lipinski definition) is 1. The lowest BCUT2D eigenvalue weighted by molar-refractivity contribution is -0.128. The van der Waals surface area contributed by atoms with E-state index in [1.165, 1.54) is 6.92 Å². The molecular formula is C6H11ClFNO. The largest absolute Gasteiger partial charge is 0.352 e. The Kier molecular flexibility index (Phi) is 3.64. The summed E-state index contributed by atoms with van der Waals surface area (Å²) in [5, 5.41) is 0.0647. The van der Waals surface area contributed by atoms with Crippen LogP contribution < -0.4 is 5.32 Å². The van der Waals surface area contributed by atoms with E-state index in [1.54, 1.807) is 6.92 Å². The van der Waals surface area contributed by atoms with Crippen LogP contribution in [0.2, 0.25) is 0 Å². The molecule has 0 aliphatic rings. The standard InChI is InChI=1S/C6H11ClFNO/c1-3-6(7,8)5(10)9-4-2/h3-4H2,1-2H3,(H,9,10). The maximum absolute atomic E-state index is 12.8. The van der Waals surface area contributed by atoms with Gasteiger partial charge < -0.3 is 5.32 Å². The van der Waals surface area contributed by atoms with Gasteiger partial charge in [-0.3, -0.25) is 4.79 Å². The summed E-state index contributed by atoms with van der Waals surface area (Å²) in [7, 11) is 0. The predicted molar refractivity (Wildman–Crippen MR) is 38.7 cm³/mol. The van der Waals surface area contributed by atoms with Crippen LogP contribution in [0.3, 0.4) is 0 Å². The highest BCUT2D eigenvalue weighted by Gasteiger charge is 2.32. The molecule has 0 rings (SSSR count). The second-order valence-corrected chi connectivity index (χ2v) is 2.52. The van der Waals surface area contributed by atoms with Gasteiger partial charge in [0, 0.05) is 13.0 Å². The molecule has 0 radical (unpaired) electrons. The maximum Gasteiger partial charge on any atom is 0.273 e. The van der Waals surface area contributed by atoms with Crippen LogP contribution in [0.15, 0.2) is 0 Å². The quantitative estimate of drug-likeness (QED) is 0.634. The van der Waals surface area contributed by atoms with Gasteiger partial charge in [0.1, 0.15) is 0 Å². The molecule has 1 amide bonds. The van der Waals surface area contributed by atoms with Crippen molar-refractivity contribution in [2.45, 2.75) is 25.4 Å². The van der Waals surface area contributed by atoms with Crippen molar-refractivity contribution < 1.29 is 9.18 Å². The van der Waals surface area contributed by atoms with Gasteiger partial charge in [0.05, 0.1) is 0 Å². The van der Waals surface area contributed by atoms with Crippen LogP contribution >= 0.6 is 11.6 Å². The minimum atomic E-state index is -2.23. The molecule has 1 atom stereocenters. The fourth-order valence-electron chi connectivity index (χ4n) is 0.450. The number of amides is 1. The topological polar surface area (TPSA) is 29.1 Å². The van der Waals surface area contributed by atoms with Crippen LogP contribution in [0, 0.1) is 0 Å². The molecule has 0 fully saturated rings. The highest BCUT2D eigenvalue weighted by molar-refractivity contribution is 6.33. The van der Waals surface area contributed by atoms with Gasteiger partial charge in [-0.2, -0.15) is 0 Å². The Hall–Kier alpha value is -0.310. The smallest absolute Gasteiger partial charge is 0.273 e. The number of rotatable bonds is 3. The average Bonchev–Trinajstić information content (AvgIpc) is 1.89. The Morgan fingerprint density at radius 1 is 1.70 bits per heavy atom. The van der Waals surface area contributed by atoms with Gasteiger partial charge in [-0.15, -0.1) is 0 Å². The van der Waals surface area contributed by atoms with E-state index in [0.29, 0.717) is 6.54 Å². The summed E-state index contributed by atoms with van der Waals surface area (Å²) < 4.78 is 12.8. The molecular weight excluding hydrogens is 157 g/mol. The molecule has 1 N–H and O–H groups in total. The number of hydrogen-bond acceptors (Lipinski definition) is 1. The first kappa shape index (κ1) is 9.69. The van der Waals surface area contributed by atoms with Crippen molar-refractivity contribution in [2.24, 2.45) is 0 Å². The van der Waals surface area contributed by atoms with Crippen molar-refractivity contribution in [1.29, 1.82) is 0 Å². The molecule has 0 bridgehead atoms. The van der Waals surface area contributed by atoms with Gasteiger partial charge in [0.2, 0.25) is 0 Å². The lowest BCUT2D eigenvalue weighted by Crippen LogP contribution is -2.38. The number of nitrogens with one attached hydrogen (secondary N) is 1. The number of carbonyl (C=O) groups excluding carboxylic acids is 1. The summed E-state index contributed by atoms with van der Waals surface area (Å²) in [6.07, 6.45) is -0.0135. The number of halogens is 2. The molecule has 2 nitrogen and oxygen atoms in total. The minimum absolute atomic E-state index is 0.0135. The molecule has 4 heteroatoms. The van der Waals surface area contributed by atoms with Crippen molar-refractivity contribution >= 4 is 17.5 Å². The molecule has 1 unspecified atom stereocenters. The van der Waals surface area contributed by atoms with Crippen LogP contribution in [0.25, 0.3) is 0 Å². The van der Waals surface area contributed by atoms with Gasteiger partial charge in [0.15, 0.2) is 0 Å². The van der Waals surface area contributed by atoms with E-state index in [2.05, 4.69) is 5.32 Å². The van der Waals surface area contributed by atoms with Crippen molar-refractivity contribution in [3.63, 3.8) is 0 Å². The Morgan fingerprint density at radius 2 is 2.20 bits per heavy atom. The van der Waals surface area contributed by atoms with Crippen LogP contribution in [-0.4, -0.2) is 17.6 Å². The molecule has 0 aliphatic carbocycles. The molecule has 0 aliphatic heterocycles. The van der Waals surface area contributed by atoms with E-state index in [0.717, 1.165) is 0 Å². The highest BCUT2D eigenvalue weighted by Crippen LogP contribution is 2.20. The van der Waals surface area contributed by atoms with E-state index in [9.17, 15) is 9.18 Å². The number of carbonyl (C=O) groups is 1. The molecule has 0 saturated carbocycles. The molecule has 0 aromatic heterocycles. The zero-order chi connectivity index (χ0) is 8.20. The molecule has 0 heterocycles. The Morgan fingerprint density at radius 3 is 2.50 bits per heavy atom. The zero-order valence-electron chi connectivity index (χ0n) is 6.08. The second-order valence-electron chi connectivity index (χ2n) is 1.92. The Balaban J connectivity index is 3.91. The molecule has 0 saturated heterocycles. The fourth-order valence-corrected chi connectivity index (χ4v) is 0.517. The molecule has 10 heavy (non-hydrogen) atoms. The van der Waals surface area contributed by atoms with Crippen LogP contribution in [0.5, 0.6) is 0 Å². The van der Waals surface area contributed by atoms with Crippen molar-refractivity contribution in [3.8, 4) is 0 Å². The third-order valence-corrected chi connectivity index (χ3v) is 1.55. The molecule has 0 aromatic carbocycles. The second kappa shape index (κ2) is 3.76. The van der Waals surface area contributed by atoms with Crippen LogP contribution in [-0.2, 0) is 4.79 Å². The summed E-state index contributed by atoms with van der Waals surface area (Å²) in [4.78, 5) is 10.7. The average molecular weight is 168 g/mol. The molecule has 0 spiro atoms. The van der Waals surface area contributed by atoms with Gasteiger partial charge in [0.25, 0.3) is 11.0 Å². The third-order valence-electron chi connectivity index (χ3n) is 1.11. The summed E-state index contributed by atoms with van der Waals surface area (Å²) in [6, 6.07) is 0.